The first-order valence-electron chi connectivity index (χ1n) is 7.07. The molecule has 2 aromatic carbocycles. The number of ether oxygens (including phenoxy) is 1. The Bertz CT molecular complexity index is 713. The fraction of sp³-hybridized carbons (Fsp3) is 0.176. The summed E-state index contributed by atoms with van der Waals surface area (Å²) in [6.45, 7) is 0. The van der Waals surface area contributed by atoms with E-state index >= 15 is 0 Å². The summed E-state index contributed by atoms with van der Waals surface area (Å²) in [7, 11) is 1.66. The number of nitrogens with zero attached hydrogens (tertiary/aromatic N) is 1. The lowest BCUT2D eigenvalue weighted by atomic mass is 10.0. The molecule has 5 nitrogen and oxygen atoms in total. The Hall–Kier alpha value is -2.82. The van der Waals surface area contributed by atoms with Crippen molar-refractivity contribution < 1.29 is 14.3 Å². The van der Waals surface area contributed by atoms with Crippen LogP contribution in [0.3, 0.4) is 0 Å². The summed E-state index contributed by atoms with van der Waals surface area (Å²) in [6, 6.07) is 14.5. The van der Waals surface area contributed by atoms with Crippen LogP contribution in [0.5, 0.6) is 5.75 Å². The molecule has 3 rings (SSSR count). The lowest BCUT2D eigenvalue weighted by Gasteiger charge is -2.19. The Kier molecular flexibility index (Phi) is 3.78. The second-order valence-corrected chi connectivity index (χ2v) is 5.13. The van der Waals surface area contributed by atoms with E-state index in [0.717, 1.165) is 16.9 Å². The molecule has 112 valence electrons. The highest BCUT2D eigenvalue weighted by molar-refractivity contribution is 5.94. The van der Waals surface area contributed by atoms with Crippen LogP contribution in [0.2, 0.25) is 0 Å². The van der Waals surface area contributed by atoms with Crippen LogP contribution < -0.4 is 15.0 Å². The van der Waals surface area contributed by atoms with Gasteiger partial charge >= 0.3 is 6.09 Å². The Labute approximate surface area is 128 Å². The van der Waals surface area contributed by atoms with Gasteiger partial charge in [0.1, 0.15) is 5.75 Å². The van der Waals surface area contributed by atoms with Crippen LogP contribution in [-0.2, 0) is 11.2 Å². The maximum Gasteiger partial charge on any atom is 0.419 e. The summed E-state index contributed by atoms with van der Waals surface area (Å²) in [5.41, 5.74) is 2.53. The van der Waals surface area contributed by atoms with Crippen LogP contribution in [0.15, 0.2) is 48.5 Å². The molecular formula is C17H16N2O3. The minimum atomic E-state index is -0.453. The van der Waals surface area contributed by atoms with Gasteiger partial charge in [-0.25, -0.2) is 4.79 Å². The first-order valence-corrected chi connectivity index (χ1v) is 7.07. The molecule has 0 spiro atoms. The number of anilines is 2. The topological polar surface area (TPSA) is 58.6 Å². The highest BCUT2D eigenvalue weighted by Gasteiger charge is 2.17. The normalized spacial score (nSPS) is 13.0. The van der Waals surface area contributed by atoms with Gasteiger partial charge in [0.15, 0.2) is 0 Å². The highest BCUT2D eigenvalue weighted by Crippen LogP contribution is 2.27. The molecule has 0 aliphatic carbocycles. The number of carbonyl (C=O) groups excluding carboxylic acids is 2. The quantitative estimate of drug-likeness (QED) is 0.925. The molecule has 0 saturated heterocycles. The number of para-hydroxylation sites is 1. The van der Waals surface area contributed by atoms with Crippen molar-refractivity contribution in [1.82, 2.24) is 0 Å². The summed E-state index contributed by atoms with van der Waals surface area (Å²) in [6.07, 6.45) is 0.654. The minimum absolute atomic E-state index is 0.0149. The van der Waals surface area contributed by atoms with Gasteiger partial charge in [-0.2, -0.15) is 0 Å². The summed E-state index contributed by atoms with van der Waals surface area (Å²) < 4.78 is 5.40. The molecule has 1 aliphatic heterocycles. The molecule has 0 fully saturated rings. The largest absolute Gasteiger partial charge is 0.419 e. The van der Waals surface area contributed by atoms with E-state index in [1.165, 1.54) is 4.90 Å². The number of nitrogens with one attached hydrogen (secondary N) is 1. The van der Waals surface area contributed by atoms with Crippen LogP contribution >= 0.6 is 0 Å². The Morgan fingerprint density at radius 1 is 1.14 bits per heavy atom. The molecule has 2 aromatic rings. The van der Waals surface area contributed by atoms with E-state index in [-0.39, 0.29) is 5.91 Å². The van der Waals surface area contributed by atoms with Crippen molar-refractivity contribution in [3.8, 4) is 5.75 Å². The lowest BCUT2D eigenvalue weighted by Crippen LogP contribution is -2.29. The third-order valence-electron chi connectivity index (χ3n) is 3.59. The van der Waals surface area contributed by atoms with E-state index in [1.54, 1.807) is 25.2 Å². The van der Waals surface area contributed by atoms with Gasteiger partial charge in [0.05, 0.1) is 0 Å². The van der Waals surface area contributed by atoms with Crippen molar-refractivity contribution in [2.45, 2.75) is 12.8 Å². The van der Waals surface area contributed by atoms with E-state index in [9.17, 15) is 9.59 Å². The summed E-state index contributed by atoms with van der Waals surface area (Å²) >= 11 is 0. The standard InChI is InChI=1S/C17H16N2O3/c1-19(13-5-3-2-4-6-13)17(21)22-14-8-9-15-12(11-14)7-10-16(20)18-15/h2-6,8-9,11H,7,10H2,1H3,(H,18,20). The van der Waals surface area contributed by atoms with Crippen LogP contribution in [0.1, 0.15) is 12.0 Å². The Morgan fingerprint density at radius 2 is 1.91 bits per heavy atom. The molecule has 22 heavy (non-hydrogen) atoms. The third kappa shape index (κ3) is 2.93. The zero-order valence-corrected chi connectivity index (χ0v) is 12.2. The van der Waals surface area contributed by atoms with E-state index < -0.39 is 6.09 Å². The van der Waals surface area contributed by atoms with Crippen LogP contribution in [0, 0.1) is 0 Å². The second-order valence-electron chi connectivity index (χ2n) is 5.13. The molecule has 5 heteroatoms. The molecule has 1 aliphatic rings. The zero-order chi connectivity index (χ0) is 15.5. The van der Waals surface area contributed by atoms with Gasteiger partial charge in [-0.3, -0.25) is 9.69 Å². The minimum Gasteiger partial charge on any atom is -0.410 e. The number of hydrogen-bond acceptors (Lipinski definition) is 3. The van der Waals surface area contributed by atoms with Gasteiger partial charge in [0.25, 0.3) is 0 Å². The second kappa shape index (κ2) is 5.89. The molecule has 0 aromatic heterocycles. The number of rotatable bonds is 2. The molecule has 0 bridgehead atoms. The molecule has 0 unspecified atom stereocenters. The fourth-order valence-electron chi connectivity index (χ4n) is 2.35. The first kappa shape index (κ1) is 14.1. The molecule has 0 saturated carbocycles. The average molecular weight is 296 g/mol. The molecular weight excluding hydrogens is 280 g/mol. The zero-order valence-electron chi connectivity index (χ0n) is 12.2. The van der Waals surface area contributed by atoms with Crippen molar-refractivity contribution in [3.05, 3.63) is 54.1 Å². The number of amides is 2. The molecule has 1 N–H and O–H groups in total. The van der Waals surface area contributed by atoms with Crippen LogP contribution in [-0.4, -0.2) is 19.0 Å². The van der Waals surface area contributed by atoms with Crippen molar-refractivity contribution in [1.29, 1.82) is 0 Å². The summed E-state index contributed by atoms with van der Waals surface area (Å²) in [5, 5.41) is 2.80. The van der Waals surface area contributed by atoms with Crippen molar-refractivity contribution in [2.75, 3.05) is 17.3 Å². The summed E-state index contributed by atoms with van der Waals surface area (Å²) in [4.78, 5) is 24.9. The molecule has 0 radical (unpaired) electrons. The van der Waals surface area contributed by atoms with E-state index in [4.69, 9.17) is 4.74 Å². The number of benzene rings is 2. The predicted octanol–water partition coefficient (Wildman–Crippen LogP) is 3.21. The lowest BCUT2D eigenvalue weighted by molar-refractivity contribution is -0.116. The maximum atomic E-state index is 12.2. The summed E-state index contributed by atoms with van der Waals surface area (Å²) in [5.74, 6) is 0.490. The van der Waals surface area contributed by atoms with Gasteiger partial charge < -0.3 is 10.1 Å². The number of aryl methyl sites for hydroxylation is 1. The van der Waals surface area contributed by atoms with E-state index in [1.807, 2.05) is 30.3 Å². The maximum absolute atomic E-state index is 12.2. The van der Waals surface area contributed by atoms with Gasteiger partial charge in [-0.05, 0) is 42.3 Å². The van der Waals surface area contributed by atoms with Gasteiger partial charge in [0.2, 0.25) is 5.91 Å². The monoisotopic (exact) mass is 296 g/mol. The Balaban J connectivity index is 1.73. The third-order valence-corrected chi connectivity index (χ3v) is 3.59. The predicted molar refractivity (Wildman–Crippen MR) is 84.3 cm³/mol. The van der Waals surface area contributed by atoms with Gasteiger partial charge in [-0.1, -0.05) is 18.2 Å². The Morgan fingerprint density at radius 3 is 2.68 bits per heavy atom. The van der Waals surface area contributed by atoms with E-state index in [0.29, 0.717) is 18.6 Å². The SMILES string of the molecule is CN(C(=O)Oc1ccc2c(c1)CCC(=O)N2)c1ccccc1. The van der Waals surface area contributed by atoms with Crippen molar-refractivity contribution in [3.63, 3.8) is 0 Å². The van der Waals surface area contributed by atoms with Gasteiger partial charge in [-0.15, -0.1) is 0 Å². The fourth-order valence-corrected chi connectivity index (χ4v) is 2.35. The number of fused-ring (bicyclic) bond motifs is 1. The van der Waals surface area contributed by atoms with Crippen LogP contribution in [0.25, 0.3) is 0 Å². The molecule has 2 amide bonds. The number of hydrogen-bond donors (Lipinski definition) is 1. The van der Waals surface area contributed by atoms with Crippen molar-refractivity contribution >= 4 is 23.4 Å². The first-order chi connectivity index (χ1) is 10.6. The molecule has 1 heterocycles. The van der Waals surface area contributed by atoms with Crippen LogP contribution in [0.4, 0.5) is 16.2 Å². The smallest absolute Gasteiger partial charge is 0.410 e. The highest BCUT2D eigenvalue weighted by atomic mass is 16.6. The average Bonchev–Trinajstić information content (AvgIpc) is 2.55. The van der Waals surface area contributed by atoms with Gasteiger partial charge in [0, 0.05) is 24.8 Å². The van der Waals surface area contributed by atoms with E-state index in [2.05, 4.69) is 5.32 Å². The number of carbonyl (C=O) groups is 2. The molecule has 0 atom stereocenters. The van der Waals surface area contributed by atoms with Crippen molar-refractivity contribution in [2.24, 2.45) is 0 Å².